The highest BCUT2D eigenvalue weighted by Gasteiger charge is 2.33. The van der Waals surface area contributed by atoms with Crippen molar-refractivity contribution in [3.8, 4) is 0 Å². The summed E-state index contributed by atoms with van der Waals surface area (Å²) in [5.74, 6) is -0.945. The monoisotopic (exact) mass is 405 g/mol. The first-order chi connectivity index (χ1) is 14.6. The third kappa shape index (κ3) is 3.78. The van der Waals surface area contributed by atoms with Crippen molar-refractivity contribution < 1.29 is 18.8 Å². The molecular formula is C23H23N3O4. The normalized spacial score (nSPS) is 15.1. The number of hydrazine groups is 1. The number of furan rings is 1. The molecule has 2 N–H and O–H groups in total. The lowest BCUT2D eigenvalue weighted by Gasteiger charge is -2.34. The van der Waals surface area contributed by atoms with Gasteiger partial charge >= 0.3 is 5.91 Å². The van der Waals surface area contributed by atoms with Crippen LogP contribution in [0.1, 0.15) is 47.0 Å². The Morgan fingerprint density at radius 2 is 1.73 bits per heavy atom. The number of hydrogen-bond acceptors (Lipinski definition) is 4. The first-order valence-corrected chi connectivity index (χ1v) is 9.99. The zero-order valence-electron chi connectivity index (χ0n) is 16.7. The van der Waals surface area contributed by atoms with Crippen LogP contribution in [0.3, 0.4) is 0 Å². The minimum Gasteiger partial charge on any atom is -0.451 e. The second-order valence-electron chi connectivity index (χ2n) is 7.35. The molecule has 1 atom stereocenters. The quantitative estimate of drug-likeness (QED) is 0.652. The molecule has 1 fully saturated rings. The average molecular weight is 405 g/mol. The number of likely N-dealkylation sites (tertiary alicyclic amines) is 1. The van der Waals surface area contributed by atoms with E-state index in [0.717, 1.165) is 18.2 Å². The Morgan fingerprint density at radius 1 is 1.00 bits per heavy atom. The van der Waals surface area contributed by atoms with Gasteiger partial charge in [0.2, 0.25) is 5.91 Å². The van der Waals surface area contributed by atoms with E-state index in [-0.39, 0.29) is 11.7 Å². The Hall–Kier alpha value is -3.61. The number of nitrogens with one attached hydrogen (secondary N) is 2. The SMILES string of the molecule is Cc1c(C(=O)NNC(=O)C(c2ccccc2)N2CCCCC2=O)oc2ccccc12. The standard InChI is InChI=1S/C23H23N3O4/c1-15-17-11-5-6-12-18(17)30-21(15)23(29)25-24-22(28)20(16-9-3-2-4-10-16)26-14-8-7-13-19(26)27/h2-6,9-12,20H,7-8,13-14H2,1H3,(H,24,28)(H,25,29). The molecule has 30 heavy (non-hydrogen) atoms. The highest BCUT2D eigenvalue weighted by atomic mass is 16.3. The predicted molar refractivity (Wildman–Crippen MR) is 111 cm³/mol. The zero-order valence-corrected chi connectivity index (χ0v) is 16.7. The second kappa shape index (κ2) is 8.41. The number of fused-ring (bicyclic) bond motifs is 1. The van der Waals surface area contributed by atoms with Crippen molar-refractivity contribution in [2.75, 3.05) is 6.54 Å². The molecule has 1 aliphatic heterocycles. The van der Waals surface area contributed by atoms with Gasteiger partial charge in [-0.05, 0) is 31.4 Å². The Morgan fingerprint density at radius 3 is 2.47 bits per heavy atom. The van der Waals surface area contributed by atoms with E-state index in [4.69, 9.17) is 4.42 Å². The van der Waals surface area contributed by atoms with Crippen molar-refractivity contribution in [1.82, 2.24) is 15.8 Å². The molecule has 0 bridgehead atoms. The van der Waals surface area contributed by atoms with Crippen LogP contribution in [0.5, 0.6) is 0 Å². The lowest BCUT2D eigenvalue weighted by atomic mass is 10.0. The van der Waals surface area contributed by atoms with Gasteiger partial charge in [-0.1, -0.05) is 48.5 Å². The fraction of sp³-hybridized carbons (Fsp3) is 0.261. The van der Waals surface area contributed by atoms with E-state index in [1.165, 1.54) is 0 Å². The first kappa shape index (κ1) is 19.7. The minimum atomic E-state index is -0.809. The van der Waals surface area contributed by atoms with Crippen molar-refractivity contribution in [2.24, 2.45) is 0 Å². The molecule has 154 valence electrons. The summed E-state index contributed by atoms with van der Waals surface area (Å²) in [6, 6.07) is 15.6. The molecule has 7 nitrogen and oxygen atoms in total. The van der Waals surface area contributed by atoms with E-state index in [2.05, 4.69) is 10.9 Å². The molecule has 1 aliphatic rings. The fourth-order valence-corrected chi connectivity index (χ4v) is 3.84. The Labute approximate surface area is 174 Å². The van der Waals surface area contributed by atoms with E-state index in [1.54, 1.807) is 30.0 Å². The van der Waals surface area contributed by atoms with Crippen molar-refractivity contribution in [1.29, 1.82) is 0 Å². The number of nitrogens with zero attached hydrogens (tertiary/aromatic N) is 1. The van der Waals surface area contributed by atoms with Gasteiger partial charge in [0.15, 0.2) is 5.76 Å². The van der Waals surface area contributed by atoms with Crippen molar-refractivity contribution in [3.05, 3.63) is 71.5 Å². The maximum absolute atomic E-state index is 13.0. The molecule has 7 heteroatoms. The van der Waals surface area contributed by atoms with Crippen LogP contribution in [-0.4, -0.2) is 29.2 Å². The lowest BCUT2D eigenvalue weighted by molar-refractivity contribution is -0.143. The van der Waals surface area contributed by atoms with Crippen LogP contribution in [0.4, 0.5) is 0 Å². The number of amides is 3. The molecule has 0 radical (unpaired) electrons. The number of rotatable bonds is 4. The van der Waals surface area contributed by atoms with Crippen molar-refractivity contribution in [3.63, 3.8) is 0 Å². The Balaban J connectivity index is 1.53. The number of aryl methyl sites for hydroxylation is 1. The van der Waals surface area contributed by atoms with Gasteiger partial charge in [-0.3, -0.25) is 25.2 Å². The molecule has 3 amide bonds. The summed E-state index contributed by atoms with van der Waals surface area (Å²) in [4.78, 5) is 39.7. The molecule has 0 aliphatic carbocycles. The molecule has 2 aromatic carbocycles. The van der Waals surface area contributed by atoms with E-state index < -0.39 is 17.9 Å². The molecule has 0 spiro atoms. The second-order valence-corrected chi connectivity index (χ2v) is 7.35. The van der Waals surface area contributed by atoms with E-state index in [0.29, 0.717) is 29.7 Å². The maximum atomic E-state index is 13.0. The predicted octanol–water partition coefficient (Wildman–Crippen LogP) is 3.26. The molecule has 1 aromatic heterocycles. The zero-order chi connectivity index (χ0) is 21.1. The summed E-state index contributed by atoms with van der Waals surface area (Å²) in [7, 11) is 0. The topological polar surface area (TPSA) is 91.7 Å². The summed E-state index contributed by atoms with van der Waals surface area (Å²) in [5, 5.41) is 0.843. The van der Waals surface area contributed by atoms with Crippen molar-refractivity contribution >= 4 is 28.7 Å². The highest BCUT2D eigenvalue weighted by Crippen LogP contribution is 2.26. The Bertz CT molecular complexity index is 1090. The summed E-state index contributed by atoms with van der Waals surface area (Å²) >= 11 is 0. The number of benzene rings is 2. The van der Waals surface area contributed by atoms with Gasteiger partial charge in [0.05, 0.1) is 0 Å². The summed E-state index contributed by atoms with van der Waals surface area (Å²) in [6.45, 7) is 2.30. The van der Waals surface area contributed by atoms with Crippen LogP contribution in [0.25, 0.3) is 11.0 Å². The fourth-order valence-electron chi connectivity index (χ4n) is 3.84. The summed E-state index contributed by atoms with van der Waals surface area (Å²) in [6.07, 6.45) is 2.08. The lowest BCUT2D eigenvalue weighted by Crippen LogP contribution is -2.50. The number of carbonyl (C=O) groups excluding carboxylic acids is 3. The van der Waals surface area contributed by atoms with E-state index in [1.807, 2.05) is 36.4 Å². The number of carbonyl (C=O) groups is 3. The van der Waals surface area contributed by atoms with Gasteiger partial charge in [-0.15, -0.1) is 0 Å². The summed E-state index contributed by atoms with van der Waals surface area (Å²) in [5.41, 5.74) is 6.91. The summed E-state index contributed by atoms with van der Waals surface area (Å²) < 4.78 is 5.64. The van der Waals surface area contributed by atoms with Gasteiger partial charge in [0.1, 0.15) is 11.6 Å². The van der Waals surface area contributed by atoms with Gasteiger partial charge in [-0.2, -0.15) is 0 Å². The third-order valence-electron chi connectivity index (χ3n) is 5.38. The molecule has 0 saturated carbocycles. The molecule has 1 saturated heterocycles. The van der Waals surface area contributed by atoms with Gasteiger partial charge in [0.25, 0.3) is 5.91 Å². The van der Waals surface area contributed by atoms with E-state index in [9.17, 15) is 14.4 Å². The van der Waals surface area contributed by atoms with Crippen LogP contribution in [-0.2, 0) is 9.59 Å². The highest BCUT2D eigenvalue weighted by molar-refractivity contribution is 6.00. The molecule has 2 heterocycles. The van der Waals surface area contributed by atoms with Crippen LogP contribution < -0.4 is 10.9 Å². The molecule has 1 unspecified atom stereocenters. The van der Waals surface area contributed by atoms with Gasteiger partial charge in [0, 0.05) is 23.9 Å². The molecule has 3 aromatic rings. The van der Waals surface area contributed by atoms with Crippen LogP contribution in [0, 0.1) is 6.92 Å². The number of para-hydroxylation sites is 1. The largest absolute Gasteiger partial charge is 0.451 e. The number of piperidine rings is 1. The smallest absolute Gasteiger partial charge is 0.305 e. The van der Waals surface area contributed by atoms with Gasteiger partial charge < -0.3 is 9.32 Å². The third-order valence-corrected chi connectivity index (χ3v) is 5.38. The van der Waals surface area contributed by atoms with Crippen LogP contribution >= 0.6 is 0 Å². The molecule has 4 rings (SSSR count). The van der Waals surface area contributed by atoms with E-state index >= 15 is 0 Å². The van der Waals surface area contributed by atoms with Crippen LogP contribution in [0.15, 0.2) is 59.0 Å². The molecular weight excluding hydrogens is 382 g/mol. The minimum absolute atomic E-state index is 0.0651. The average Bonchev–Trinajstić information content (AvgIpc) is 3.11. The van der Waals surface area contributed by atoms with Crippen molar-refractivity contribution in [2.45, 2.75) is 32.2 Å². The number of hydrogen-bond donors (Lipinski definition) is 2. The maximum Gasteiger partial charge on any atom is 0.305 e. The van der Waals surface area contributed by atoms with Crippen LogP contribution in [0.2, 0.25) is 0 Å². The Kier molecular flexibility index (Phi) is 5.52. The van der Waals surface area contributed by atoms with Gasteiger partial charge in [-0.25, -0.2) is 0 Å². The first-order valence-electron chi connectivity index (χ1n) is 9.99.